The lowest BCUT2D eigenvalue weighted by molar-refractivity contribution is -0.145. The second kappa shape index (κ2) is 15.6. The Morgan fingerprint density at radius 3 is 2.18 bits per heavy atom. The third-order valence-electron chi connectivity index (χ3n) is 6.01. The number of phenols is 1. The maximum absolute atomic E-state index is 13.4. The van der Waals surface area contributed by atoms with E-state index in [0.717, 1.165) is 5.56 Å². The van der Waals surface area contributed by atoms with E-state index in [2.05, 4.69) is 16.0 Å². The van der Waals surface area contributed by atoms with E-state index in [1.807, 2.05) is 36.6 Å². The van der Waals surface area contributed by atoms with Crippen LogP contribution in [0.5, 0.6) is 11.5 Å². The van der Waals surface area contributed by atoms with Gasteiger partial charge >= 0.3 is 5.97 Å². The highest BCUT2D eigenvalue weighted by Crippen LogP contribution is 2.26. The van der Waals surface area contributed by atoms with Gasteiger partial charge in [0, 0.05) is 12.0 Å². The minimum absolute atomic E-state index is 0.120. The highest BCUT2D eigenvalue weighted by Gasteiger charge is 2.31. The second-order valence-electron chi connectivity index (χ2n) is 9.20. The zero-order chi connectivity index (χ0) is 28.9. The number of hydrogen-bond donors (Lipinski definition) is 4. The number of methoxy groups -OCH3 is 2. The van der Waals surface area contributed by atoms with Crippen molar-refractivity contribution in [2.24, 2.45) is 5.92 Å². The number of carbonyl (C=O) groups excluding carboxylic acids is 4. The zero-order valence-corrected chi connectivity index (χ0v) is 23.7. The molecular formula is C28H37N3O7S. The van der Waals surface area contributed by atoms with E-state index in [1.54, 1.807) is 13.8 Å². The van der Waals surface area contributed by atoms with E-state index in [9.17, 15) is 24.3 Å². The van der Waals surface area contributed by atoms with Gasteiger partial charge in [0.05, 0.1) is 14.2 Å². The van der Waals surface area contributed by atoms with Crippen molar-refractivity contribution in [2.45, 2.75) is 44.8 Å². The van der Waals surface area contributed by atoms with Crippen LogP contribution in [-0.4, -0.2) is 73.2 Å². The molecule has 2 aromatic carbocycles. The Morgan fingerprint density at radius 2 is 1.59 bits per heavy atom. The van der Waals surface area contributed by atoms with Crippen molar-refractivity contribution in [1.82, 2.24) is 16.0 Å². The molecule has 3 amide bonds. The molecule has 0 saturated heterocycles. The summed E-state index contributed by atoms with van der Waals surface area (Å²) in [6.07, 6.45) is 2.43. The first-order valence-corrected chi connectivity index (χ1v) is 13.9. The maximum atomic E-state index is 13.4. The summed E-state index contributed by atoms with van der Waals surface area (Å²) in [5.41, 5.74) is 0.995. The van der Waals surface area contributed by atoms with Gasteiger partial charge in [-0.2, -0.15) is 11.8 Å². The molecule has 2 aromatic rings. The van der Waals surface area contributed by atoms with Crippen molar-refractivity contribution in [2.75, 3.05) is 26.2 Å². The van der Waals surface area contributed by atoms with Gasteiger partial charge in [-0.15, -0.1) is 0 Å². The number of thioether (sulfide) groups is 1. The summed E-state index contributed by atoms with van der Waals surface area (Å²) in [4.78, 5) is 52.0. The fourth-order valence-corrected chi connectivity index (χ4v) is 4.27. The highest BCUT2D eigenvalue weighted by molar-refractivity contribution is 7.98. The van der Waals surface area contributed by atoms with Crippen LogP contribution in [0.4, 0.5) is 0 Å². The molecular weight excluding hydrogens is 522 g/mol. The van der Waals surface area contributed by atoms with E-state index in [-0.39, 0.29) is 29.4 Å². The predicted molar refractivity (Wildman–Crippen MR) is 150 cm³/mol. The normalized spacial score (nSPS) is 13.1. The van der Waals surface area contributed by atoms with Crippen LogP contribution in [0.3, 0.4) is 0 Å². The molecule has 0 saturated carbocycles. The summed E-state index contributed by atoms with van der Waals surface area (Å²) in [5, 5.41) is 18.0. The van der Waals surface area contributed by atoms with Gasteiger partial charge in [-0.3, -0.25) is 14.4 Å². The molecule has 4 N–H and O–H groups in total. The molecule has 0 aromatic heterocycles. The average Bonchev–Trinajstić information content (AvgIpc) is 2.93. The SMILES string of the molecule is COC(=O)[C@H](CCSC)NC(=O)[C@H](Cc1ccccc1)NC(=O)[C@@H](NC(=O)c1ccc(O)c(OC)c1)C(C)C. The minimum Gasteiger partial charge on any atom is -0.504 e. The van der Waals surface area contributed by atoms with Gasteiger partial charge in [-0.25, -0.2) is 4.79 Å². The van der Waals surface area contributed by atoms with Gasteiger partial charge in [0.1, 0.15) is 18.1 Å². The highest BCUT2D eigenvalue weighted by atomic mass is 32.2. The number of nitrogens with one attached hydrogen (secondary N) is 3. The van der Waals surface area contributed by atoms with Crippen molar-refractivity contribution < 1.29 is 33.8 Å². The van der Waals surface area contributed by atoms with E-state index in [0.29, 0.717) is 12.2 Å². The number of benzene rings is 2. The van der Waals surface area contributed by atoms with Crippen LogP contribution < -0.4 is 20.7 Å². The molecule has 212 valence electrons. The Morgan fingerprint density at radius 1 is 0.923 bits per heavy atom. The minimum atomic E-state index is -1.02. The molecule has 11 heteroatoms. The summed E-state index contributed by atoms with van der Waals surface area (Å²) < 4.78 is 9.91. The lowest BCUT2D eigenvalue weighted by atomic mass is 10.00. The number of rotatable bonds is 14. The van der Waals surface area contributed by atoms with E-state index in [4.69, 9.17) is 9.47 Å². The number of phenolic OH excluding ortho intramolecular Hbond substituents is 1. The summed E-state index contributed by atoms with van der Waals surface area (Å²) >= 11 is 1.53. The van der Waals surface area contributed by atoms with Crippen molar-refractivity contribution >= 4 is 35.5 Å². The Bertz CT molecular complexity index is 1130. The van der Waals surface area contributed by atoms with Crippen LogP contribution >= 0.6 is 11.8 Å². The summed E-state index contributed by atoms with van der Waals surface area (Å²) in [5.74, 6) is -1.91. The lowest BCUT2D eigenvalue weighted by Crippen LogP contribution is -2.57. The quantitative estimate of drug-likeness (QED) is 0.258. The number of hydrogen-bond acceptors (Lipinski definition) is 8. The van der Waals surface area contributed by atoms with Crippen LogP contribution in [0, 0.1) is 5.92 Å². The Kier molecular flexibility index (Phi) is 12.6. The fourth-order valence-electron chi connectivity index (χ4n) is 3.80. The molecule has 0 heterocycles. The van der Waals surface area contributed by atoms with Gasteiger partial charge in [0.25, 0.3) is 5.91 Å². The zero-order valence-electron chi connectivity index (χ0n) is 22.9. The summed E-state index contributed by atoms with van der Waals surface area (Å²) in [6, 6.07) is 10.4. The number of esters is 1. The van der Waals surface area contributed by atoms with Gasteiger partial charge in [0.2, 0.25) is 11.8 Å². The smallest absolute Gasteiger partial charge is 0.328 e. The topological polar surface area (TPSA) is 143 Å². The molecule has 0 bridgehead atoms. The maximum Gasteiger partial charge on any atom is 0.328 e. The molecule has 0 aliphatic heterocycles. The van der Waals surface area contributed by atoms with Gasteiger partial charge < -0.3 is 30.5 Å². The number of amides is 3. The van der Waals surface area contributed by atoms with E-state index >= 15 is 0 Å². The third-order valence-corrected chi connectivity index (χ3v) is 6.65. The summed E-state index contributed by atoms with van der Waals surface area (Å²) in [6.45, 7) is 3.54. The molecule has 10 nitrogen and oxygen atoms in total. The van der Waals surface area contributed by atoms with Crippen molar-refractivity contribution in [3.05, 3.63) is 59.7 Å². The molecule has 0 radical (unpaired) electrons. The Hall–Kier alpha value is -3.73. The molecule has 2 rings (SSSR count). The largest absolute Gasteiger partial charge is 0.504 e. The first-order valence-electron chi connectivity index (χ1n) is 12.5. The fraction of sp³-hybridized carbons (Fsp3) is 0.429. The molecule has 0 spiro atoms. The van der Waals surface area contributed by atoms with Crippen LogP contribution in [0.2, 0.25) is 0 Å². The monoisotopic (exact) mass is 559 g/mol. The van der Waals surface area contributed by atoms with Crippen LogP contribution in [0.25, 0.3) is 0 Å². The first kappa shape index (κ1) is 31.5. The number of carbonyl (C=O) groups is 4. The number of aromatic hydroxyl groups is 1. The van der Waals surface area contributed by atoms with Crippen LogP contribution in [-0.2, 0) is 25.5 Å². The van der Waals surface area contributed by atoms with Gasteiger partial charge in [0.15, 0.2) is 11.5 Å². The standard InChI is InChI=1S/C28H37N3O7S/c1-17(2)24(31-25(33)19-11-12-22(32)23(16-19)37-3)27(35)30-21(15-18-9-7-6-8-10-18)26(34)29-20(13-14-39-5)28(36)38-4/h6-12,16-17,20-21,24,32H,13-15H2,1-5H3,(H,29,34)(H,30,35)(H,31,33)/t20-,21-,24-/m0/s1. The Balaban J connectivity index is 2.26. The molecule has 0 aliphatic rings. The summed E-state index contributed by atoms with van der Waals surface area (Å²) in [7, 11) is 2.62. The molecule has 0 aliphatic carbocycles. The molecule has 0 fully saturated rings. The van der Waals surface area contributed by atoms with E-state index < -0.39 is 41.8 Å². The predicted octanol–water partition coefficient (Wildman–Crippen LogP) is 2.29. The van der Waals surface area contributed by atoms with Crippen LogP contribution in [0.15, 0.2) is 48.5 Å². The van der Waals surface area contributed by atoms with Gasteiger partial charge in [-0.05, 0) is 48.1 Å². The second-order valence-corrected chi connectivity index (χ2v) is 10.2. The van der Waals surface area contributed by atoms with Gasteiger partial charge in [-0.1, -0.05) is 44.2 Å². The average molecular weight is 560 g/mol. The Labute approximate surface area is 233 Å². The van der Waals surface area contributed by atoms with Crippen LogP contribution in [0.1, 0.15) is 36.2 Å². The molecule has 0 unspecified atom stereocenters. The van der Waals surface area contributed by atoms with Crippen molar-refractivity contribution in [1.29, 1.82) is 0 Å². The van der Waals surface area contributed by atoms with Crippen molar-refractivity contribution in [3.8, 4) is 11.5 Å². The molecule has 3 atom stereocenters. The lowest BCUT2D eigenvalue weighted by Gasteiger charge is -2.26. The van der Waals surface area contributed by atoms with Crippen molar-refractivity contribution in [3.63, 3.8) is 0 Å². The molecule has 39 heavy (non-hydrogen) atoms. The number of ether oxygens (including phenoxy) is 2. The first-order chi connectivity index (χ1) is 18.6. The van der Waals surface area contributed by atoms with E-state index in [1.165, 1.54) is 44.2 Å². The third kappa shape index (κ3) is 9.51.